The molecule has 0 saturated carbocycles. The highest BCUT2D eigenvalue weighted by Gasteiger charge is 2.55. The number of rotatable bonds is 1. The van der Waals surface area contributed by atoms with Crippen molar-refractivity contribution in [2.24, 2.45) is 0 Å². The lowest BCUT2D eigenvalue weighted by molar-refractivity contribution is -0.226. The van der Waals surface area contributed by atoms with Crippen LogP contribution in [0.1, 0.15) is 27.2 Å². The summed E-state index contributed by atoms with van der Waals surface area (Å²) in [5.41, 5.74) is 0.466. The van der Waals surface area contributed by atoms with E-state index in [1.54, 1.807) is 0 Å². The van der Waals surface area contributed by atoms with Crippen molar-refractivity contribution in [1.82, 2.24) is 4.90 Å². The molecule has 11 heavy (non-hydrogen) atoms. The topological polar surface area (TPSA) is 12.5 Å². The minimum absolute atomic E-state index is 0.466. The Hall–Kier alpha value is -0.0800. The number of likely N-dealkylation sites (tertiary alicyclic amines) is 1. The third-order valence-corrected chi connectivity index (χ3v) is 3.00. The van der Waals surface area contributed by atoms with E-state index >= 15 is 0 Å². The highest BCUT2D eigenvalue weighted by Crippen LogP contribution is 2.43. The van der Waals surface area contributed by atoms with E-state index in [9.17, 15) is 0 Å². The smallest absolute Gasteiger partial charge is 0.0697 e. The summed E-state index contributed by atoms with van der Waals surface area (Å²) in [6.45, 7) is 8.79. The number of ether oxygens (including phenoxy) is 1. The fraction of sp³-hybridized carbons (Fsp3) is 1.00. The monoisotopic (exact) mass is 155 g/mol. The lowest BCUT2D eigenvalue weighted by Crippen LogP contribution is -2.75. The van der Waals surface area contributed by atoms with Gasteiger partial charge in [0.25, 0.3) is 0 Å². The third kappa shape index (κ3) is 0.859. The Balaban J connectivity index is 2.04. The average Bonchev–Trinajstić information content (AvgIpc) is 1.75. The van der Waals surface area contributed by atoms with Gasteiger partial charge in [0.05, 0.1) is 18.8 Å². The minimum Gasteiger partial charge on any atom is -0.377 e. The van der Waals surface area contributed by atoms with E-state index in [0.29, 0.717) is 11.6 Å². The van der Waals surface area contributed by atoms with Gasteiger partial charge in [0.1, 0.15) is 0 Å². The quantitative estimate of drug-likeness (QED) is 0.565. The fourth-order valence-electron chi connectivity index (χ4n) is 2.77. The van der Waals surface area contributed by atoms with E-state index in [0.717, 1.165) is 19.3 Å². The first-order chi connectivity index (χ1) is 5.16. The second-order valence-electron chi connectivity index (χ2n) is 4.27. The summed E-state index contributed by atoms with van der Waals surface area (Å²) in [6.07, 6.45) is 1.34. The first kappa shape index (κ1) is 7.56. The highest BCUT2D eigenvalue weighted by atomic mass is 16.5. The molecule has 2 rings (SSSR count). The molecule has 2 heteroatoms. The molecule has 0 aromatic carbocycles. The molecule has 2 aliphatic heterocycles. The number of nitrogens with zero attached hydrogens (tertiary/aromatic N) is 1. The van der Waals surface area contributed by atoms with Gasteiger partial charge < -0.3 is 4.74 Å². The normalized spacial score (nSPS) is 35.5. The van der Waals surface area contributed by atoms with Gasteiger partial charge in [-0.3, -0.25) is 4.90 Å². The Morgan fingerprint density at radius 3 is 2.27 bits per heavy atom. The largest absolute Gasteiger partial charge is 0.377 e. The Kier molecular flexibility index (Phi) is 1.52. The number of hydrogen-bond donors (Lipinski definition) is 0. The maximum Gasteiger partial charge on any atom is 0.0697 e. The van der Waals surface area contributed by atoms with E-state index in [2.05, 4.69) is 25.7 Å². The summed E-state index contributed by atoms with van der Waals surface area (Å²) in [5.74, 6) is 0. The second kappa shape index (κ2) is 2.20. The van der Waals surface area contributed by atoms with Crippen LogP contribution in [-0.2, 0) is 4.74 Å². The maximum atomic E-state index is 5.27. The van der Waals surface area contributed by atoms with Crippen LogP contribution in [0.25, 0.3) is 0 Å². The SMILES string of the molecule is CC(C)N1C(C)CC12COC2. The van der Waals surface area contributed by atoms with Crippen LogP contribution in [0, 0.1) is 0 Å². The van der Waals surface area contributed by atoms with E-state index in [1.807, 2.05) is 0 Å². The Morgan fingerprint density at radius 2 is 2.09 bits per heavy atom. The predicted octanol–water partition coefficient (Wildman–Crippen LogP) is 1.26. The van der Waals surface area contributed by atoms with Crippen LogP contribution < -0.4 is 0 Å². The van der Waals surface area contributed by atoms with Gasteiger partial charge in [0, 0.05) is 12.1 Å². The van der Waals surface area contributed by atoms with Crippen molar-refractivity contribution in [1.29, 1.82) is 0 Å². The molecule has 64 valence electrons. The highest BCUT2D eigenvalue weighted by molar-refractivity contribution is 5.09. The summed E-state index contributed by atoms with van der Waals surface area (Å²) >= 11 is 0. The zero-order valence-electron chi connectivity index (χ0n) is 7.63. The summed E-state index contributed by atoms with van der Waals surface area (Å²) in [5, 5.41) is 0. The van der Waals surface area contributed by atoms with E-state index in [4.69, 9.17) is 4.74 Å². The molecule has 2 nitrogen and oxygen atoms in total. The first-order valence-corrected chi connectivity index (χ1v) is 4.52. The molecule has 1 spiro atoms. The van der Waals surface area contributed by atoms with Gasteiger partial charge >= 0.3 is 0 Å². The van der Waals surface area contributed by atoms with Crippen LogP contribution >= 0.6 is 0 Å². The first-order valence-electron chi connectivity index (χ1n) is 4.52. The van der Waals surface area contributed by atoms with Crippen LogP contribution in [0.4, 0.5) is 0 Å². The van der Waals surface area contributed by atoms with Gasteiger partial charge in [0.2, 0.25) is 0 Å². The van der Waals surface area contributed by atoms with Crippen LogP contribution in [-0.4, -0.2) is 35.7 Å². The fourth-order valence-corrected chi connectivity index (χ4v) is 2.77. The van der Waals surface area contributed by atoms with Gasteiger partial charge in [-0.05, 0) is 27.2 Å². The molecule has 2 saturated heterocycles. The van der Waals surface area contributed by atoms with Crippen molar-refractivity contribution in [2.45, 2.75) is 44.8 Å². The molecular weight excluding hydrogens is 138 g/mol. The van der Waals surface area contributed by atoms with Gasteiger partial charge in [-0.15, -0.1) is 0 Å². The van der Waals surface area contributed by atoms with Crippen molar-refractivity contribution in [3.63, 3.8) is 0 Å². The third-order valence-electron chi connectivity index (χ3n) is 3.00. The Bertz CT molecular complexity index is 158. The van der Waals surface area contributed by atoms with Crippen LogP contribution in [0.3, 0.4) is 0 Å². The van der Waals surface area contributed by atoms with Gasteiger partial charge in [-0.1, -0.05) is 0 Å². The molecule has 0 radical (unpaired) electrons. The molecule has 0 bridgehead atoms. The summed E-state index contributed by atoms with van der Waals surface area (Å²) in [6, 6.07) is 1.46. The molecule has 1 unspecified atom stereocenters. The Morgan fingerprint density at radius 1 is 1.45 bits per heavy atom. The maximum absolute atomic E-state index is 5.27. The molecule has 0 aromatic heterocycles. The van der Waals surface area contributed by atoms with E-state index < -0.39 is 0 Å². The minimum atomic E-state index is 0.466. The molecule has 0 N–H and O–H groups in total. The molecule has 0 amide bonds. The molecule has 1 atom stereocenters. The zero-order chi connectivity index (χ0) is 8.06. The zero-order valence-corrected chi connectivity index (χ0v) is 7.63. The van der Waals surface area contributed by atoms with Crippen LogP contribution in [0.2, 0.25) is 0 Å². The van der Waals surface area contributed by atoms with Gasteiger partial charge in [-0.2, -0.15) is 0 Å². The molecule has 0 aliphatic carbocycles. The molecule has 2 aliphatic rings. The Labute approximate surface area is 68.5 Å². The van der Waals surface area contributed by atoms with Crippen molar-refractivity contribution in [3.05, 3.63) is 0 Å². The van der Waals surface area contributed by atoms with E-state index in [-0.39, 0.29) is 0 Å². The van der Waals surface area contributed by atoms with Crippen molar-refractivity contribution >= 4 is 0 Å². The lowest BCUT2D eigenvalue weighted by atomic mass is 9.76. The molecule has 0 aromatic rings. The standard InChI is InChI=1S/C9H17NO/c1-7(2)10-8(3)4-9(10)5-11-6-9/h7-8H,4-6H2,1-3H3. The van der Waals surface area contributed by atoms with Crippen molar-refractivity contribution in [3.8, 4) is 0 Å². The molecule has 2 heterocycles. The summed E-state index contributed by atoms with van der Waals surface area (Å²) < 4.78 is 5.27. The van der Waals surface area contributed by atoms with Crippen LogP contribution in [0.15, 0.2) is 0 Å². The molecule has 2 fully saturated rings. The summed E-state index contributed by atoms with van der Waals surface area (Å²) in [4.78, 5) is 2.59. The van der Waals surface area contributed by atoms with E-state index in [1.165, 1.54) is 6.42 Å². The number of hydrogen-bond acceptors (Lipinski definition) is 2. The predicted molar refractivity (Wildman–Crippen MR) is 44.6 cm³/mol. The second-order valence-corrected chi connectivity index (χ2v) is 4.27. The van der Waals surface area contributed by atoms with Crippen LogP contribution in [0.5, 0.6) is 0 Å². The van der Waals surface area contributed by atoms with Gasteiger partial charge in [0.15, 0.2) is 0 Å². The van der Waals surface area contributed by atoms with Crippen molar-refractivity contribution in [2.75, 3.05) is 13.2 Å². The lowest BCUT2D eigenvalue weighted by Gasteiger charge is -2.63. The average molecular weight is 155 g/mol. The summed E-state index contributed by atoms with van der Waals surface area (Å²) in [7, 11) is 0. The molecular formula is C9H17NO. The van der Waals surface area contributed by atoms with Crippen molar-refractivity contribution < 1.29 is 4.74 Å². The van der Waals surface area contributed by atoms with Gasteiger partial charge in [-0.25, -0.2) is 0 Å².